The smallest absolute Gasteiger partial charge is 0.321 e. The Bertz CT molecular complexity index is 1210. The molecule has 2 N–H and O–H groups in total. The second kappa shape index (κ2) is 9.58. The number of ether oxygens (including phenoxy) is 3. The van der Waals surface area contributed by atoms with Crippen molar-refractivity contribution in [3.8, 4) is 17.2 Å². The predicted octanol–water partition coefficient (Wildman–Crippen LogP) is 4.54. The van der Waals surface area contributed by atoms with E-state index in [1.54, 1.807) is 18.1 Å². The number of carbonyl (C=O) groups is 2. The van der Waals surface area contributed by atoms with Gasteiger partial charge in [-0.15, -0.1) is 0 Å². The first-order valence-electron chi connectivity index (χ1n) is 11.4. The van der Waals surface area contributed by atoms with Gasteiger partial charge >= 0.3 is 12.0 Å². The molecule has 35 heavy (non-hydrogen) atoms. The van der Waals surface area contributed by atoms with Crippen LogP contribution in [0.25, 0.3) is 0 Å². The third kappa shape index (κ3) is 4.59. The third-order valence-electron chi connectivity index (χ3n) is 6.67. The minimum absolute atomic E-state index is 0.131. The minimum Gasteiger partial charge on any atom is -0.497 e. The fourth-order valence-electron chi connectivity index (χ4n) is 4.91. The number of aliphatic carboxylic acids is 1. The Morgan fingerprint density at radius 1 is 0.914 bits per heavy atom. The van der Waals surface area contributed by atoms with Gasteiger partial charge in [-0.1, -0.05) is 36.4 Å². The topological polar surface area (TPSA) is 97.3 Å². The van der Waals surface area contributed by atoms with Gasteiger partial charge in [0.1, 0.15) is 5.75 Å². The van der Waals surface area contributed by atoms with Gasteiger partial charge in [0.2, 0.25) is 6.79 Å². The zero-order valence-corrected chi connectivity index (χ0v) is 19.2. The lowest BCUT2D eigenvalue weighted by Crippen LogP contribution is -2.50. The van der Waals surface area contributed by atoms with E-state index in [0.29, 0.717) is 22.9 Å². The lowest BCUT2D eigenvalue weighted by atomic mass is 9.71. The number of hydrogen-bond acceptors (Lipinski definition) is 5. The standard InChI is InChI=1S/C27H26N2O6/c1-33-20-10-7-17(8-11-20)21-14-29(27(32)28-19-5-3-2-4-6-19)15-22(25(21)26(30)31)18-9-12-23-24(13-18)35-16-34-23/h2-13,21-22,25H,14-16H2,1H3,(H,28,32)(H,30,31)/t21-,22-,25-/m1/s1. The van der Waals surface area contributed by atoms with Gasteiger partial charge in [0.05, 0.1) is 13.0 Å². The number of amides is 2. The van der Waals surface area contributed by atoms with Crippen LogP contribution in [0.1, 0.15) is 23.0 Å². The Labute approximate surface area is 203 Å². The van der Waals surface area contributed by atoms with Crippen LogP contribution in [0.5, 0.6) is 17.2 Å². The largest absolute Gasteiger partial charge is 0.497 e. The van der Waals surface area contributed by atoms with Crippen molar-refractivity contribution in [1.29, 1.82) is 0 Å². The second-order valence-corrected chi connectivity index (χ2v) is 8.66. The normalized spacial score (nSPS) is 20.8. The van der Waals surface area contributed by atoms with E-state index >= 15 is 0 Å². The molecule has 180 valence electrons. The van der Waals surface area contributed by atoms with Crippen LogP contribution in [0, 0.1) is 5.92 Å². The summed E-state index contributed by atoms with van der Waals surface area (Å²) in [5.41, 5.74) is 2.30. The number of nitrogens with zero attached hydrogens (tertiary/aromatic N) is 1. The molecular weight excluding hydrogens is 448 g/mol. The number of methoxy groups -OCH3 is 1. The zero-order chi connectivity index (χ0) is 24.4. The van der Waals surface area contributed by atoms with Crippen molar-refractivity contribution < 1.29 is 28.9 Å². The summed E-state index contributed by atoms with van der Waals surface area (Å²) >= 11 is 0. The highest BCUT2D eigenvalue weighted by Crippen LogP contribution is 2.44. The molecule has 3 aromatic carbocycles. The number of nitrogens with one attached hydrogen (secondary N) is 1. The van der Waals surface area contributed by atoms with E-state index in [9.17, 15) is 14.7 Å². The average Bonchev–Trinajstić information content (AvgIpc) is 3.36. The Hall–Kier alpha value is -4.20. The fourth-order valence-corrected chi connectivity index (χ4v) is 4.91. The Morgan fingerprint density at radius 3 is 2.26 bits per heavy atom. The maximum absolute atomic E-state index is 13.3. The lowest BCUT2D eigenvalue weighted by Gasteiger charge is -2.42. The molecule has 2 aliphatic rings. The summed E-state index contributed by atoms with van der Waals surface area (Å²) in [7, 11) is 1.58. The highest BCUT2D eigenvalue weighted by molar-refractivity contribution is 5.89. The van der Waals surface area contributed by atoms with E-state index in [0.717, 1.165) is 11.1 Å². The molecule has 0 aliphatic carbocycles. The summed E-state index contributed by atoms with van der Waals surface area (Å²) in [5, 5.41) is 13.3. The van der Waals surface area contributed by atoms with Crippen LogP contribution < -0.4 is 19.5 Å². The predicted molar refractivity (Wildman–Crippen MR) is 129 cm³/mol. The number of carboxylic acid groups (broad SMARTS) is 1. The molecule has 2 aliphatic heterocycles. The number of fused-ring (bicyclic) bond motifs is 1. The van der Waals surface area contributed by atoms with Crippen LogP contribution in [0.4, 0.5) is 10.5 Å². The number of carboxylic acids is 1. The molecule has 8 nitrogen and oxygen atoms in total. The number of anilines is 1. The first-order valence-corrected chi connectivity index (χ1v) is 11.4. The first kappa shape index (κ1) is 22.6. The first-order chi connectivity index (χ1) is 17.0. The Kier molecular flexibility index (Phi) is 6.18. The number of likely N-dealkylation sites (tertiary alicyclic amines) is 1. The van der Waals surface area contributed by atoms with Gasteiger partial charge in [-0.2, -0.15) is 0 Å². The minimum atomic E-state index is -0.906. The van der Waals surface area contributed by atoms with Crippen LogP contribution in [0.15, 0.2) is 72.8 Å². The molecule has 1 saturated heterocycles. The van der Waals surface area contributed by atoms with Crippen molar-refractivity contribution in [3.63, 3.8) is 0 Å². The molecule has 0 unspecified atom stereocenters. The van der Waals surface area contributed by atoms with Crippen LogP contribution in [0.3, 0.4) is 0 Å². The van der Waals surface area contributed by atoms with E-state index in [1.807, 2.05) is 66.7 Å². The SMILES string of the molecule is COc1ccc([C@H]2CN(C(=O)Nc3ccccc3)C[C@H](c3ccc4c(c3)OCO4)[C@@H]2C(=O)O)cc1. The highest BCUT2D eigenvalue weighted by atomic mass is 16.7. The van der Waals surface area contributed by atoms with E-state index in [-0.39, 0.29) is 25.9 Å². The van der Waals surface area contributed by atoms with Gasteiger partial charge in [0.25, 0.3) is 0 Å². The monoisotopic (exact) mass is 474 g/mol. The van der Waals surface area contributed by atoms with Crippen LogP contribution in [-0.2, 0) is 4.79 Å². The summed E-state index contributed by atoms with van der Waals surface area (Å²) in [5.74, 6) is -0.641. The number of benzene rings is 3. The summed E-state index contributed by atoms with van der Waals surface area (Å²) in [4.78, 5) is 27.6. The molecular formula is C27H26N2O6. The molecule has 0 spiro atoms. The van der Waals surface area contributed by atoms with Gasteiger partial charge in [0, 0.05) is 30.6 Å². The van der Waals surface area contributed by atoms with E-state index in [4.69, 9.17) is 14.2 Å². The van der Waals surface area contributed by atoms with E-state index in [1.165, 1.54) is 0 Å². The molecule has 1 fully saturated rings. The highest BCUT2D eigenvalue weighted by Gasteiger charge is 2.44. The molecule has 8 heteroatoms. The van der Waals surface area contributed by atoms with Gasteiger partial charge in [0.15, 0.2) is 11.5 Å². The second-order valence-electron chi connectivity index (χ2n) is 8.66. The molecule has 2 heterocycles. The summed E-state index contributed by atoms with van der Waals surface area (Å²) in [6.45, 7) is 0.650. The molecule has 5 rings (SSSR count). The molecule has 0 bridgehead atoms. The number of para-hydroxylation sites is 1. The molecule has 3 aromatic rings. The summed E-state index contributed by atoms with van der Waals surface area (Å²) in [6.07, 6.45) is 0. The molecule has 3 atom stereocenters. The molecule has 2 amide bonds. The lowest BCUT2D eigenvalue weighted by molar-refractivity contribution is -0.144. The van der Waals surface area contributed by atoms with Crippen LogP contribution >= 0.6 is 0 Å². The number of urea groups is 1. The summed E-state index contributed by atoms with van der Waals surface area (Å²) in [6, 6.07) is 21.8. The number of hydrogen-bond donors (Lipinski definition) is 2. The van der Waals surface area contributed by atoms with Gasteiger partial charge in [-0.05, 0) is 47.5 Å². The van der Waals surface area contributed by atoms with Crippen molar-refractivity contribution >= 4 is 17.7 Å². The molecule has 0 aromatic heterocycles. The van der Waals surface area contributed by atoms with Crippen molar-refractivity contribution in [3.05, 3.63) is 83.9 Å². The number of carbonyl (C=O) groups excluding carboxylic acids is 1. The average molecular weight is 475 g/mol. The van der Waals surface area contributed by atoms with Crippen LogP contribution in [-0.4, -0.2) is 49.0 Å². The Balaban J connectivity index is 1.52. The Morgan fingerprint density at radius 2 is 1.57 bits per heavy atom. The number of piperidine rings is 1. The summed E-state index contributed by atoms with van der Waals surface area (Å²) < 4.78 is 16.2. The zero-order valence-electron chi connectivity index (χ0n) is 19.2. The van der Waals surface area contributed by atoms with Gasteiger partial charge in [-0.25, -0.2) is 4.79 Å². The fraction of sp³-hybridized carbons (Fsp3) is 0.259. The maximum Gasteiger partial charge on any atom is 0.321 e. The van der Waals surface area contributed by atoms with E-state index in [2.05, 4.69) is 5.32 Å². The van der Waals surface area contributed by atoms with E-state index < -0.39 is 23.7 Å². The van der Waals surface area contributed by atoms with Crippen molar-refractivity contribution in [2.24, 2.45) is 5.92 Å². The van der Waals surface area contributed by atoms with Crippen molar-refractivity contribution in [1.82, 2.24) is 4.90 Å². The molecule has 0 saturated carbocycles. The van der Waals surface area contributed by atoms with Gasteiger partial charge in [-0.3, -0.25) is 4.79 Å². The van der Waals surface area contributed by atoms with Gasteiger partial charge < -0.3 is 29.5 Å². The van der Waals surface area contributed by atoms with Crippen molar-refractivity contribution in [2.45, 2.75) is 11.8 Å². The number of rotatable bonds is 5. The molecule has 0 radical (unpaired) electrons. The van der Waals surface area contributed by atoms with Crippen LogP contribution in [0.2, 0.25) is 0 Å². The third-order valence-corrected chi connectivity index (χ3v) is 6.67. The van der Waals surface area contributed by atoms with Crippen molar-refractivity contribution in [2.75, 3.05) is 32.3 Å². The maximum atomic E-state index is 13.3. The quantitative estimate of drug-likeness (QED) is 0.564.